The normalized spacial score (nSPS) is 12.2. The molecule has 0 bridgehead atoms. The summed E-state index contributed by atoms with van der Waals surface area (Å²) in [6.45, 7) is 3.63. The minimum absolute atomic E-state index is 0.110. The van der Waals surface area contributed by atoms with Gasteiger partial charge in [0, 0.05) is 17.7 Å². The highest BCUT2D eigenvalue weighted by molar-refractivity contribution is 7.93. The quantitative estimate of drug-likeness (QED) is 0.0778. The Morgan fingerprint density at radius 3 is 1.34 bits per heavy atom. The first-order valence-electron chi connectivity index (χ1n) is 19.6. The molecule has 0 aliphatic rings. The molecular weight excluding hydrogens is 813 g/mol. The van der Waals surface area contributed by atoms with E-state index < -0.39 is 26.2 Å². The molecule has 318 valence electrons. The monoisotopic (exact) mass is 862 g/mol. The van der Waals surface area contributed by atoms with Crippen LogP contribution in [0.25, 0.3) is 0 Å². The molecule has 0 saturated carbocycles. The molecular formula is C47H50N4O8S2. The van der Waals surface area contributed by atoms with Crippen molar-refractivity contribution in [3.63, 3.8) is 0 Å². The summed E-state index contributed by atoms with van der Waals surface area (Å²) in [4.78, 5) is 25.4. The summed E-state index contributed by atoms with van der Waals surface area (Å²) < 4.78 is 56.4. The van der Waals surface area contributed by atoms with E-state index in [0.29, 0.717) is 28.9 Å². The maximum atomic E-state index is 13.5. The summed E-state index contributed by atoms with van der Waals surface area (Å²) in [5, 5.41) is 24.1. The van der Waals surface area contributed by atoms with Crippen molar-refractivity contribution in [2.24, 2.45) is 0 Å². The standard InChI is InChI=1S/C24H26N2O4S.C23H24N2O4S/c1-2-21(18-27)25-24(28)20-12-9-13-22(16-20)26(17-19-10-5-3-6-11-19)31(29,30)23-14-7-4-8-15-23;1-18(26)16-24-23(27)20-11-8-12-21(15-20)25(17-19-9-4-2-5-10-19)30(28,29)22-13-6-3-7-14-22/h3-16,21,27H,2,17-18H2,1H3,(H,25,28);2-15,18,26H,16-17H2,1H3,(H,24,27). The SMILES string of the molecule is CC(O)CNC(=O)c1cccc(N(Cc2ccccc2)S(=O)(=O)c2ccccc2)c1.CCC(CO)NC(=O)c1cccc(N(Cc2ccccc2)S(=O)(=O)c2ccccc2)c1. The van der Waals surface area contributed by atoms with Crippen LogP contribution in [0.3, 0.4) is 0 Å². The van der Waals surface area contributed by atoms with E-state index in [-0.39, 0.29) is 53.9 Å². The number of benzene rings is 6. The van der Waals surface area contributed by atoms with Gasteiger partial charge in [0.1, 0.15) is 0 Å². The molecule has 2 amide bonds. The maximum absolute atomic E-state index is 13.5. The number of anilines is 2. The largest absolute Gasteiger partial charge is 0.394 e. The zero-order valence-corrected chi connectivity index (χ0v) is 35.5. The van der Waals surface area contributed by atoms with Gasteiger partial charge in [-0.15, -0.1) is 0 Å². The van der Waals surface area contributed by atoms with Gasteiger partial charge >= 0.3 is 0 Å². The van der Waals surface area contributed by atoms with E-state index in [0.717, 1.165) is 11.1 Å². The Hall–Kier alpha value is -6.32. The fourth-order valence-electron chi connectivity index (χ4n) is 6.06. The van der Waals surface area contributed by atoms with Crippen LogP contribution in [0.5, 0.6) is 0 Å². The highest BCUT2D eigenvalue weighted by Gasteiger charge is 2.27. The average molecular weight is 863 g/mol. The van der Waals surface area contributed by atoms with Crippen LogP contribution >= 0.6 is 0 Å². The number of amides is 2. The molecule has 0 radical (unpaired) electrons. The maximum Gasteiger partial charge on any atom is 0.264 e. The second kappa shape index (κ2) is 21.8. The van der Waals surface area contributed by atoms with Gasteiger partial charge in [0.15, 0.2) is 0 Å². The fraction of sp³-hybridized carbons (Fsp3) is 0.191. The van der Waals surface area contributed by atoms with Crippen LogP contribution in [0.4, 0.5) is 11.4 Å². The molecule has 4 N–H and O–H groups in total. The van der Waals surface area contributed by atoms with Gasteiger partial charge in [0.2, 0.25) is 0 Å². The topological polar surface area (TPSA) is 173 Å². The van der Waals surface area contributed by atoms with Crippen molar-refractivity contribution in [1.82, 2.24) is 10.6 Å². The van der Waals surface area contributed by atoms with E-state index in [1.165, 1.54) is 8.61 Å². The van der Waals surface area contributed by atoms with Gasteiger partial charge in [-0.1, -0.05) is 116 Å². The number of aliphatic hydroxyl groups is 2. The van der Waals surface area contributed by atoms with Crippen LogP contribution in [0, 0.1) is 0 Å². The summed E-state index contributed by atoms with van der Waals surface area (Å²) in [6.07, 6.45) is -0.0880. The van der Waals surface area contributed by atoms with Crippen molar-refractivity contribution in [1.29, 1.82) is 0 Å². The van der Waals surface area contributed by atoms with E-state index in [1.807, 2.05) is 67.6 Å². The zero-order chi connectivity index (χ0) is 43.8. The first kappa shape index (κ1) is 45.8. The van der Waals surface area contributed by atoms with Crippen molar-refractivity contribution >= 4 is 43.2 Å². The van der Waals surface area contributed by atoms with Crippen LogP contribution in [-0.4, -0.2) is 64.2 Å². The predicted octanol–water partition coefficient (Wildman–Crippen LogP) is 6.78. The van der Waals surface area contributed by atoms with Gasteiger partial charge < -0.3 is 20.8 Å². The molecule has 0 heterocycles. The molecule has 0 fully saturated rings. The lowest BCUT2D eigenvalue weighted by Crippen LogP contribution is -2.37. The summed E-state index contributed by atoms with van der Waals surface area (Å²) in [7, 11) is -7.72. The molecule has 0 saturated heterocycles. The molecule has 14 heteroatoms. The average Bonchev–Trinajstić information content (AvgIpc) is 3.29. The molecule has 12 nitrogen and oxygen atoms in total. The second-order valence-electron chi connectivity index (χ2n) is 14.0. The Kier molecular flexibility index (Phi) is 16.3. The minimum atomic E-state index is -3.87. The van der Waals surface area contributed by atoms with Gasteiger partial charge in [-0.25, -0.2) is 16.8 Å². The van der Waals surface area contributed by atoms with Crippen molar-refractivity contribution in [3.05, 3.63) is 192 Å². The third kappa shape index (κ3) is 12.6. The fourth-order valence-corrected chi connectivity index (χ4v) is 8.99. The third-order valence-electron chi connectivity index (χ3n) is 9.40. The Labute approximate surface area is 358 Å². The number of hydrogen-bond donors (Lipinski definition) is 4. The Balaban J connectivity index is 0.000000231. The van der Waals surface area contributed by atoms with E-state index >= 15 is 0 Å². The van der Waals surface area contributed by atoms with Crippen LogP contribution in [0.15, 0.2) is 180 Å². The Bertz CT molecular complexity index is 2540. The number of nitrogens with zero attached hydrogens (tertiary/aromatic N) is 2. The van der Waals surface area contributed by atoms with Gasteiger partial charge in [-0.2, -0.15) is 0 Å². The molecule has 0 aliphatic heterocycles. The third-order valence-corrected chi connectivity index (χ3v) is 13.0. The molecule has 6 aromatic rings. The van der Waals surface area contributed by atoms with Crippen LogP contribution < -0.4 is 19.2 Å². The molecule has 0 aliphatic carbocycles. The highest BCUT2D eigenvalue weighted by atomic mass is 32.2. The van der Waals surface area contributed by atoms with Crippen molar-refractivity contribution < 1.29 is 36.6 Å². The predicted molar refractivity (Wildman–Crippen MR) is 238 cm³/mol. The van der Waals surface area contributed by atoms with Crippen molar-refractivity contribution in [3.8, 4) is 0 Å². The molecule has 0 spiro atoms. The number of carbonyl (C=O) groups is 2. The van der Waals surface area contributed by atoms with E-state index in [1.54, 1.807) is 116 Å². The Morgan fingerprint density at radius 2 is 0.967 bits per heavy atom. The van der Waals surface area contributed by atoms with Gasteiger partial charge in [0.05, 0.1) is 53.0 Å². The van der Waals surface area contributed by atoms with Gasteiger partial charge in [0.25, 0.3) is 31.9 Å². The van der Waals surface area contributed by atoms with Gasteiger partial charge in [-0.3, -0.25) is 18.2 Å². The number of aliphatic hydroxyl groups excluding tert-OH is 2. The lowest BCUT2D eigenvalue weighted by atomic mass is 10.1. The van der Waals surface area contributed by atoms with Crippen LogP contribution in [-0.2, 0) is 33.1 Å². The number of carbonyl (C=O) groups excluding carboxylic acids is 2. The first-order chi connectivity index (χ1) is 29.3. The first-order valence-corrected chi connectivity index (χ1v) is 22.5. The van der Waals surface area contributed by atoms with Crippen molar-refractivity contribution in [2.45, 2.75) is 55.3 Å². The zero-order valence-electron chi connectivity index (χ0n) is 33.9. The highest BCUT2D eigenvalue weighted by Crippen LogP contribution is 2.28. The number of sulfonamides is 2. The van der Waals surface area contributed by atoms with Crippen molar-refractivity contribution in [2.75, 3.05) is 21.8 Å². The lowest BCUT2D eigenvalue weighted by molar-refractivity contribution is 0.0911. The number of nitrogens with one attached hydrogen (secondary N) is 2. The summed E-state index contributed by atoms with van der Waals surface area (Å²) in [6, 6.07) is 47.6. The van der Waals surface area contributed by atoms with Crippen LogP contribution in [0.2, 0.25) is 0 Å². The summed E-state index contributed by atoms with van der Waals surface area (Å²) in [5.41, 5.74) is 3.05. The molecule has 0 aromatic heterocycles. The minimum Gasteiger partial charge on any atom is -0.394 e. The lowest BCUT2D eigenvalue weighted by Gasteiger charge is -2.25. The van der Waals surface area contributed by atoms with E-state index in [9.17, 15) is 36.6 Å². The Morgan fingerprint density at radius 1 is 0.574 bits per heavy atom. The molecule has 2 atom stereocenters. The number of rotatable bonds is 17. The molecule has 61 heavy (non-hydrogen) atoms. The summed E-state index contributed by atoms with van der Waals surface area (Å²) >= 11 is 0. The van der Waals surface area contributed by atoms with Gasteiger partial charge in [-0.05, 0) is 85.1 Å². The number of hydrogen-bond acceptors (Lipinski definition) is 8. The second-order valence-corrected chi connectivity index (χ2v) is 17.8. The van der Waals surface area contributed by atoms with Crippen LogP contribution in [0.1, 0.15) is 52.1 Å². The van der Waals surface area contributed by atoms with E-state index in [4.69, 9.17) is 0 Å². The summed E-state index contributed by atoms with van der Waals surface area (Å²) in [5.74, 6) is -0.742. The smallest absolute Gasteiger partial charge is 0.264 e. The molecule has 2 unspecified atom stereocenters. The molecule has 6 aromatic carbocycles. The van der Waals surface area contributed by atoms with E-state index in [2.05, 4.69) is 10.6 Å². The molecule has 6 rings (SSSR count).